The van der Waals surface area contributed by atoms with E-state index in [-0.39, 0.29) is 6.04 Å². The number of benzene rings is 1. The quantitative estimate of drug-likeness (QED) is 0.830. The zero-order chi connectivity index (χ0) is 16.7. The molecule has 0 radical (unpaired) electrons. The summed E-state index contributed by atoms with van der Waals surface area (Å²) in [6, 6.07) is 8.73. The average Bonchev–Trinajstić information content (AvgIpc) is 2.77. The van der Waals surface area contributed by atoms with Crippen LogP contribution in [0.2, 0.25) is 0 Å². The van der Waals surface area contributed by atoms with Gasteiger partial charge in [0.1, 0.15) is 0 Å². The Morgan fingerprint density at radius 2 is 1.96 bits per heavy atom. The number of fused-ring (bicyclic) bond motifs is 2. The maximum atomic E-state index is 13.4. The Bertz CT molecular complexity index is 837. The molecule has 4 rings (SSSR count). The molecule has 0 N–H and O–H groups in total. The molecule has 0 aromatic heterocycles. The molecule has 0 amide bonds. The van der Waals surface area contributed by atoms with Crippen LogP contribution in [0.3, 0.4) is 0 Å². The van der Waals surface area contributed by atoms with Gasteiger partial charge in [-0.3, -0.25) is 4.31 Å². The summed E-state index contributed by atoms with van der Waals surface area (Å²) >= 11 is 0. The summed E-state index contributed by atoms with van der Waals surface area (Å²) in [4.78, 5) is 2.67. The van der Waals surface area contributed by atoms with E-state index in [1.807, 2.05) is 6.07 Å². The van der Waals surface area contributed by atoms with Crippen LogP contribution in [0.1, 0.15) is 19.3 Å². The van der Waals surface area contributed by atoms with Crippen molar-refractivity contribution < 1.29 is 8.42 Å². The number of hydrogen-bond donors (Lipinski definition) is 0. The topological polar surface area (TPSA) is 40.6 Å². The van der Waals surface area contributed by atoms with Gasteiger partial charge in [-0.25, -0.2) is 8.42 Å². The minimum absolute atomic E-state index is 0.0864. The lowest BCUT2D eigenvalue weighted by molar-refractivity contribution is 0.358. The number of nitrogens with zero attached hydrogens (tertiary/aromatic N) is 2. The highest BCUT2D eigenvalue weighted by Gasteiger charge is 2.43. The van der Waals surface area contributed by atoms with Crippen LogP contribution in [0.25, 0.3) is 0 Å². The van der Waals surface area contributed by atoms with Gasteiger partial charge < -0.3 is 4.90 Å². The van der Waals surface area contributed by atoms with E-state index in [0.29, 0.717) is 4.90 Å². The SMILES string of the molecule is CN1CCCC2=C(C1)C1=CC=CCC1N2S(=O)(=O)c1ccccc1. The zero-order valence-electron chi connectivity index (χ0n) is 13.9. The van der Waals surface area contributed by atoms with Gasteiger partial charge in [-0.2, -0.15) is 0 Å². The van der Waals surface area contributed by atoms with Crippen molar-refractivity contribution in [2.24, 2.45) is 0 Å². The van der Waals surface area contributed by atoms with Crippen molar-refractivity contribution >= 4 is 10.0 Å². The molecule has 1 aromatic carbocycles. The second-order valence-corrected chi connectivity index (χ2v) is 8.50. The first-order chi connectivity index (χ1) is 11.6. The van der Waals surface area contributed by atoms with Gasteiger partial charge in [-0.15, -0.1) is 0 Å². The lowest BCUT2D eigenvalue weighted by atomic mass is 9.95. The Morgan fingerprint density at radius 1 is 1.17 bits per heavy atom. The largest absolute Gasteiger partial charge is 0.302 e. The molecule has 0 spiro atoms. The van der Waals surface area contributed by atoms with Crippen LogP contribution in [-0.4, -0.2) is 43.8 Å². The molecule has 3 aliphatic rings. The van der Waals surface area contributed by atoms with Crippen molar-refractivity contribution in [3.63, 3.8) is 0 Å². The first-order valence-electron chi connectivity index (χ1n) is 8.46. The van der Waals surface area contributed by atoms with Gasteiger partial charge in [-0.05, 0) is 56.1 Å². The van der Waals surface area contributed by atoms with E-state index >= 15 is 0 Å². The molecule has 24 heavy (non-hydrogen) atoms. The molecule has 0 fully saturated rings. The number of rotatable bonds is 2. The monoisotopic (exact) mass is 342 g/mol. The van der Waals surface area contributed by atoms with E-state index in [4.69, 9.17) is 0 Å². The highest BCUT2D eigenvalue weighted by Crippen LogP contribution is 2.43. The van der Waals surface area contributed by atoms with Crippen LogP contribution >= 0.6 is 0 Å². The van der Waals surface area contributed by atoms with Gasteiger partial charge in [0.05, 0.1) is 10.9 Å². The Hall–Kier alpha value is -1.85. The van der Waals surface area contributed by atoms with Crippen molar-refractivity contribution in [3.05, 3.63) is 65.4 Å². The maximum Gasteiger partial charge on any atom is 0.264 e. The normalized spacial score (nSPS) is 24.5. The van der Waals surface area contributed by atoms with Crippen LogP contribution in [0.5, 0.6) is 0 Å². The fraction of sp³-hybridized carbons (Fsp3) is 0.368. The number of hydrogen-bond acceptors (Lipinski definition) is 3. The fourth-order valence-corrected chi connectivity index (χ4v) is 5.71. The molecule has 2 heterocycles. The fourth-order valence-electron chi connectivity index (χ4n) is 3.96. The Balaban J connectivity index is 1.85. The Labute approximate surface area is 143 Å². The summed E-state index contributed by atoms with van der Waals surface area (Å²) < 4.78 is 28.4. The summed E-state index contributed by atoms with van der Waals surface area (Å²) in [5.41, 5.74) is 3.40. The van der Waals surface area contributed by atoms with Crippen LogP contribution in [-0.2, 0) is 10.0 Å². The van der Waals surface area contributed by atoms with Crippen molar-refractivity contribution in [1.82, 2.24) is 9.21 Å². The molecule has 1 aliphatic carbocycles. The van der Waals surface area contributed by atoms with E-state index in [9.17, 15) is 8.42 Å². The minimum atomic E-state index is -3.53. The molecule has 4 nitrogen and oxygen atoms in total. The Morgan fingerprint density at radius 3 is 2.75 bits per heavy atom. The van der Waals surface area contributed by atoms with E-state index in [0.717, 1.165) is 38.0 Å². The summed E-state index contributed by atoms with van der Waals surface area (Å²) in [5.74, 6) is 0. The minimum Gasteiger partial charge on any atom is -0.302 e. The first-order valence-corrected chi connectivity index (χ1v) is 9.90. The standard InChI is InChI=1S/C19H22N2O2S/c1-20-13-7-12-19-17(14-20)16-10-5-6-11-18(16)21(19)24(22,23)15-8-3-2-4-9-15/h2-6,8-10,18H,7,11-14H2,1H3. The lowest BCUT2D eigenvalue weighted by Crippen LogP contribution is -2.37. The predicted octanol–water partition coefficient (Wildman–Crippen LogP) is 2.93. The van der Waals surface area contributed by atoms with Crippen molar-refractivity contribution in [1.29, 1.82) is 0 Å². The summed E-state index contributed by atoms with van der Waals surface area (Å²) in [7, 11) is -1.42. The third-order valence-corrected chi connectivity index (χ3v) is 6.92. The highest BCUT2D eigenvalue weighted by atomic mass is 32.2. The summed E-state index contributed by atoms with van der Waals surface area (Å²) in [6.45, 7) is 1.83. The molecule has 0 saturated heterocycles. The smallest absolute Gasteiger partial charge is 0.264 e. The third kappa shape index (κ3) is 2.43. The summed E-state index contributed by atoms with van der Waals surface area (Å²) in [6.07, 6.45) is 8.78. The van der Waals surface area contributed by atoms with Crippen molar-refractivity contribution in [2.75, 3.05) is 20.1 Å². The molecule has 126 valence electrons. The van der Waals surface area contributed by atoms with Gasteiger partial charge in [0.2, 0.25) is 0 Å². The first kappa shape index (κ1) is 15.7. The second-order valence-electron chi connectivity index (χ2n) is 6.68. The van der Waals surface area contributed by atoms with Crippen LogP contribution in [0.4, 0.5) is 0 Å². The lowest BCUT2D eigenvalue weighted by Gasteiger charge is -2.30. The van der Waals surface area contributed by atoms with Crippen LogP contribution in [0, 0.1) is 0 Å². The maximum absolute atomic E-state index is 13.4. The number of likely N-dealkylation sites (N-methyl/N-ethyl adjacent to an activating group) is 1. The Kier molecular flexibility index (Phi) is 3.85. The molecule has 1 atom stereocenters. The third-order valence-electron chi connectivity index (χ3n) is 5.06. The highest BCUT2D eigenvalue weighted by molar-refractivity contribution is 7.89. The molecule has 2 aliphatic heterocycles. The van der Waals surface area contributed by atoms with E-state index in [1.165, 1.54) is 11.1 Å². The average molecular weight is 342 g/mol. The molecular formula is C19H22N2O2S. The van der Waals surface area contributed by atoms with Gasteiger partial charge >= 0.3 is 0 Å². The van der Waals surface area contributed by atoms with Crippen LogP contribution in [0.15, 0.2) is 70.3 Å². The molecule has 0 saturated carbocycles. The van der Waals surface area contributed by atoms with Gasteiger partial charge in [-0.1, -0.05) is 36.4 Å². The molecule has 0 bridgehead atoms. The molecule has 1 aromatic rings. The van der Waals surface area contributed by atoms with E-state index in [1.54, 1.807) is 28.6 Å². The van der Waals surface area contributed by atoms with Gasteiger partial charge in [0, 0.05) is 12.2 Å². The molecular weight excluding hydrogens is 320 g/mol. The van der Waals surface area contributed by atoms with E-state index in [2.05, 4.69) is 30.2 Å². The zero-order valence-corrected chi connectivity index (χ0v) is 14.7. The van der Waals surface area contributed by atoms with Crippen molar-refractivity contribution in [3.8, 4) is 0 Å². The number of sulfonamides is 1. The molecule has 1 unspecified atom stereocenters. The number of allylic oxidation sites excluding steroid dienone is 3. The summed E-state index contributed by atoms with van der Waals surface area (Å²) in [5, 5.41) is 0. The van der Waals surface area contributed by atoms with Gasteiger partial charge in [0.15, 0.2) is 0 Å². The van der Waals surface area contributed by atoms with E-state index < -0.39 is 10.0 Å². The molecule has 5 heteroatoms. The second kappa shape index (κ2) is 5.90. The van der Waals surface area contributed by atoms with Crippen LogP contribution < -0.4 is 0 Å². The van der Waals surface area contributed by atoms with Gasteiger partial charge in [0.25, 0.3) is 10.0 Å². The van der Waals surface area contributed by atoms with Crippen molar-refractivity contribution in [2.45, 2.75) is 30.2 Å². The predicted molar refractivity (Wildman–Crippen MR) is 94.9 cm³/mol.